The summed E-state index contributed by atoms with van der Waals surface area (Å²) in [5.74, 6) is -1.63. The molecule has 0 unspecified atom stereocenters. The van der Waals surface area contributed by atoms with Crippen LogP contribution in [0.15, 0.2) is 11.6 Å². The van der Waals surface area contributed by atoms with Gasteiger partial charge in [0.1, 0.15) is 0 Å². The quantitative estimate of drug-likeness (QED) is 0.474. The number of imide groups is 2. The minimum Gasteiger partial charge on any atom is -0.263 e. The van der Waals surface area contributed by atoms with Crippen molar-refractivity contribution in [3.05, 3.63) is 11.6 Å². The Labute approximate surface area is 79.5 Å². The second-order valence-electron chi connectivity index (χ2n) is 2.42. The molecule has 1 heterocycles. The van der Waals surface area contributed by atoms with E-state index in [2.05, 4.69) is 0 Å². The lowest BCUT2D eigenvalue weighted by atomic mass is 10.5. The third kappa shape index (κ3) is 1.55. The number of urea groups is 1. The summed E-state index contributed by atoms with van der Waals surface area (Å²) in [6.07, 6.45) is 1.41. The van der Waals surface area contributed by atoms with Crippen molar-refractivity contribution in [3.8, 4) is 0 Å². The standard InChI is InChI=1S/C7H7ClN2O3/c1-9-5(11)6(12)10(7(9)13)4-2-3-8/h2-3H,4H2,1H3/b3-2+. The Bertz CT molecular complexity index is 300. The summed E-state index contributed by atoms with van der Waals surface area (Å²) >= 11 is 5.22. The maximum atomic E-state index is 11.2. The maximum absolute atomic E-state index is 11.2. The van der Waals surface area contributed by atoms with Gasteiger partial charge in [0.05, 0.1) is 6.54 Å². The summed E-state index contributed by atoms with van der Waals surface area (Å²) in [5, 5.41) is 0. The molecule has 1 aliphatic rings. The van der Waals surface area contributed by atoms with Crippen molar-refractivity contribution in [2.24, 2.45) is 0 Å². The Kier molecular flexibility index (Phi) is 2.67. The van der Waals surface area contributed by atoms with E-state index in [-0.39, 0.29) is 6.54 Å². The lowest BCUT2D eigenvalue weighted by Gasteiger charge is -2.08. The highest BCUT2D eigenvalue weighted by Gasteiger charge is 2.41. The Balaban J connectivity index is 2.81. The highest BCUT2D eigenvalue weighted by atomic mass is 35.5. The highest BCUT2D eigenvalue weighted by molar-refractivity contribution is 6.44. The van der Waals surface area contributed by atoms with E-state index < -0.39 is 17.8 Å². The molecule has 0 radical (unpaired) electrons. The molecule has 1 saturated heterocycles. The van der Waals surface area contributed by atoms with Gasteiger partial charge in [-0.3, -0.25) is 19.4 Å². The van der Waals surface area contributed by atoms with Gasteiger partial charge in [0.15, 0.2) is 0 Å². The number of hydrogen-bond donors (Lipinski definition) is 0. The molecule has 0 bridgehead atoms. The first-order valence-corrected chi connectivity index (χ1v) is 3.92. The molecule has 0 aromatic carbocycles. The SMILES string of the molecule is CN1C(=O)C(=O)N(C/C=C/Cl)C1=O. The van der Waals surface area contributed by atoms with Crippen LogP contribution in [0.1, 0.15) is 0 Å². The van der Waals surface area contributed by atoms with Gasteiger partial charge in [0, 0.05) is 12.6 Å². The molecule has 5 nitrogen and oxygen atoms in total. The van der Waals surface area contributed by atoms with Crippen LogP contribution >= 0.6 is 11.6 Å². The number of halogens is 1. The smallest absolute Gasteiger partial charge is 0.263 e. The summed E-state index contributed by atoms with van der Waals surface area (Å²) in [7, 11) is 1.26. The van der Waals surface area contributed by atoms with Crippen LogP contribution in [0.25, 0.3) is 0 Å². The molecule has 6 heteroatoms. The minimum atomic E-state index is -0.817. The number of hydrogen-bond acceptors (Lipinski definition) is 3. The Morgan fingerprint density at radius 2 is 1.92 bits per heavy atom. The summed E-state index contributed by atoms with van der Waals surface area (Å²) in [5.41, 5.74) is 1.18. The Morgan fingerprint density at radius 1 is 1.31 bits per heavy atom. The van der Waals surface area contributed by atoms with E-state index in [1.807, 2.05) is 0 Å². The van der Waals surface area contributed by atoms with Crippen LogP contribution in [-0.4, -0.2) is 41.2 Å². The van der Waals surface area contributed by atoms with Crippen LogP contribution < -0.4 is 0 Å². The molecule has 0 aromatic heterocycles. The van der Waals surface area contributed by atoms with Crippen LogP contribution in [-0.2, 0) is 9.59 Å². The monoisotopic (exact) mass is 202 g/mol. The molecular weight excluding hydrogens is 196 g/mol. The second kappa shape index (κ2) is 3.57. The van der Waals surface area contributed by atoms with Crippen LogP contribution in [0.2, 0.25) is 0 Å². The summed E-state index contributed by atoms with van der Waals surface area (Å²) in [4.78, 5) is 34.8. The lowest BCUT2D eigenvalue weighted by Crippen LogP contribution is -2.31. The van der Waals surface area contributed by atoms with Gasteiger partial charge >= 0.3 is 17.8 Å². The van der Waals surface area contributed by atoms with Gasteiger partial charge in [0.2, 0.25) is 0 Å². The average Bonchev–Trinajstić information content (AvgIpc) is 2.30. The van der Waals surface area contributed by atoms with Gasteiger partial charge in [-0.05, 0) is 0 Å². The number of carbonyl (C=O) groups is 3. The zero-order valence-corrected chi connectivity index (χ0v) is 7.61. The number of nitrogens with zero attached hydrogens (tertiary/aromatic N) is 2. The number of amides is 4. The zero-order valence-electron chi connectivity index (χ0n) is 6.86. The first kappa shape index (κ1) is 9.73. The predicted octanol–water partition coefficient (Wildman–Crippen LogP) is 0.159. The fourth-order valence-corrected chi connectivity index (χ4v) is 1.000. The maximum Gasteiger partial charge on any atom is 0.334 e. The Morgan fingerprint density at radius 3 is 2.31 bits per heavy atom. The first-order chi connectivity index (χ1) is 6.09. The van der Waals surface area contributed by atoms with Crippen molar-refractivity contribution in [1.29, 1.82) is 0 Å². The van der Waals surface area contributed by atoms with Crippen LogP contribution in [0.3, 0.4) is 0 Å². The molecule has 0 N–H and O–H groups in total. The van der Waals surface area contributed by atoms with E-state index in [1.165, 1.54) is 18.7 Å². The van der Waals surface area contributed by atoms with E-state index >= 15 is 0 Å². The molecule has 0 saturated carbocycles. The fraction of sp³-hybridized carbons (Fsp3) is 0.286. The molecule has 1 fully saturated rings. The molecule has 1 rings (SSSR count). The third-order valence-corrected chi connectivity index (χ3v) is 1.81. The Hall–Kier alpha value is -1.36. The van der Waals surface area contributed by atoms with E-state index in [1.54, 1.807) is 0 Å². The largest absolute Gasteiger partial charge is 0.334 e. The zero-order chi connectivity index (χ0) is 10.0. The van der Waals surface area contributed by atoms with E-state index in [4.69, 9.17) is 11.6 Å². The fourth-order valence-electron chi connectivity index (χ4n) is 0.920. The lowest BCUT2D eigenvalue weighted by molar-refractivity contribution is -0.142. The molecule has 0 spiro atoms. The summed E-state index contributed by atoms with van der Waals surface area (Å²) in [6, 6.07) is -0.621. The molecule has 0 atom stereocenters. The van der Waals surface area contributed by atoms with Gasteiger partial charge in [-0.15, -0.1) is 0 Å². The van der Waals surface area contributed by atoms with Gasteiger partial charge in [-0.25, -0.2) is 4.79 Å². The van der Waals surface area contributed by atoms with E-state index in [0.29, 0.717) is 0 Å². The summed E-state index contributed by atoms with van der Waals surface area (Å²) < 4.78 is 0. The predicted molar refractivity (Wildman–Crippen MR) is 44.9 cm³/mol. The third-order valence-electron chi connectivity index (χ3n) is 1.63. The summed E-state index contributed by atoms with van der Waals surface area (Å²) in [6.45, 7) is 0.0250. The molecular formula is C7H7ClN2O3. The molecule has 70 valence electrons. The number of likely N-dealkylation sites (N-methyl/N-ethyl adjacent to an activating group) is 1. The van der Waals surface area contributed by atoms with E-state index in [0.717, 1.165) is 9.80 Å². The normalized spacial score (nSPS) is 18.2. The van der Waals surface area contributed by atoms with Crippen molar-refractivity contribution in [3.63, 3.8) is 0 Å². The van der Waals surface area contributed by atoms with Gasteiger partial charge in [-0.1, -0.05) is 17.7 Å². The van der Waals surface area contributed by atoms with Gasteiger partial charge < -0.3 is 0 Å². The van der Waals surface area contributed by atoms with Crippen LogP contribution in [0.4, 0.5) is 4.79 Å². The average molecular weight is 203 g/mol. The molecule has 0 aliphatic carbocycles. The highest BCUT2D eigenvalue weighted by Crippen LogP contribution is 2.08. The van der Waals surface area contributed by atoms with Crippen LogP contribution in [0, 0.1) is 0 Å². The second-order valence-corrected chi connectivity index (χ2v) is 2.68. The number of rotatable bonds is 2. The van der Waals surface area contributed by atoms with Crippen LogP contribution in [0.5, 0.6) is 0 Å². The van der Waals surface area contributed by atoms with Gasteiger partial charge in [0.25, 0.3) is 0 Å². The van der Waals surface area contributed by atoms with Crippen molar-refractivity contribution in [2.45, 2.75) is 0 Å². The molecule has 4 amide bonds. The van der Waals surface area contributed by atoms with Crippen molar-refractivity contribution in [1.82, 2.24) is 9.80 Å². The van der Waals surface area contributed by atoms with Crippen molar-refractivity contribution < 1.29 is 14.4 Å². The van der Waals surface area contributed by atoms with Crippen molar-refractivity contribution >= 4 is 29.4 Å². The van der Waals surface area contributed by atoms with Crippen molar-refractivity contribution in [2.75, 3.05) is 13.6 Å². The molecule has 0 aromatic rings. The molecule has 1 aliphatic heterocycles. The van der Waals surface area contributed by atoms with E-state index in [9.17, 15) is 14.4 Å². The first-order valence-electron chi connectivity index (χ1n) is 3.48. The van der Waals surface area contributed by atoms with Gasteiger partial charge in [-0.2, -0.15) is 0 Å². The topological polar surface area (TPSA) is 57.7 Å². The molecule has 13 heavy (non-hydrogen) atoms. The number of carbonyl (C=O) groups excluding carboxylic acids is 3. The minimum absolute atomic E-state index is 0.0250.